The molecule has 1 N–H and O–H groups in total. The molecule has 2 rings (SSSR count). The summed E-state index contributed by atoms with van der Waals surface area (Å²) in [7, 11) is 0. The molecule has 118 valence electrons. The topological polar surface area (TPSA) is 21.3 Å². The summed E-state index contributed by atoms with van der Waals surface area (Å²) < 4.78 is 6.26. The van der Waals surface area contributed by atoms with Crippen LogP contribution in [0, 0.1) is 5.41 Å². The van der Waals surface area contributed by atoms with E-state index in [0.29, 0.717) is 18.1 Å². The molecule has 1 aromatic carbocycles. The lowest BCUT2D eigenvalue weighted by Gasteiger charge is -2.53. The maximum absolute atomic E-state index is 6.26. The molecule has 0 aliphatic heterocycles. The van der Waals surface area contributed by atoms with Gasteiger partial charge in [-0.05, 0) is 43.0 Å². The molecule has 0 spiro atoms. The Morgan fingerprint density at radius 3 is 2.43 bits per heavy atom. The van der Waals surface area contributed by atoms with Gasteiger partial charge in [0.1, 0.15) is 11.9 Å². The standard InChI is InChI=1S/C19H31NO/c1-6-14(4)15-9-11-16(12-10-15)21-18-13-17(20-8-3)19(18,5)7-2/h9-12,14,17-18,20H,6-8,13H2,1-5H3. The second-order valence-corrected chi connectivity index (χ2v) is 6.69. The first-order chi connectivity index (χ1) is 10.0. The molecule has 0 aromatic heterocycles. The Hall–Kier alpha value is -1.02. The minimum atomic E-state index is 0.255. The highest BCUT2D eigenvalue weighted by atomic mass is 16.5. The highest BCUT2D eigenvalue weighted by Crippen LogP contribution is 2.46. The number of rotatable bonds is 7. The van der Waals surface area contributed by atoms with Gasteiger partial charge in [0.25, 0.3) is 0 Å². The predicted molar refractivity (Wildman–Crippen MR) is 90.0 cm³/mol. The normalized spacial score (nSPS) is 29.8. The Balaban J connectivity index is 1.99. The van der Waals surface area contributed by atoms with Gasteiger partial charge in [0.05, 0.1) is 0 Å². The van der Waals surface area contributed by atoms with Gasteiger partial charge in [0, 0.05) is 17.9 Å². The van der Waals surface area contributed by atoms with Crippen LogP contribution in [-0.4, -0.2) is 18.7 Å². The average Bonchev–Trinajstić information content (AvgIpc) is 2.52. The first-order valence-electron chi connectivity index (χ1n) is 8.55. The van der Waals surface area contributed by atoms with E-state index in [2.05, 4.69) is 64.2 Å². The van der Waals surface area contributed by atoms with Gasteiger partial charge >= 0.3 is 0 Å². The van der Waals surface area contributed by atoms with E-state index < -0.39 is 0 Å². The van der Waals surface area contributed by atoms with Gasteiger partial charge in [-0.2, -0.15) is 0 Å². The lowest BCUT2D eigenvalue weighted by Crippen LogP contribution is -2.63. The second kappa shape index (κ2) is 6.83. The van der Waals surface area contributed by atoms with E-state index in [4.69, 9.17) is 4.74 Å². The van der Waals surface area contributed by atoms with E-state index in [1.165, 1.54) is 12.0 Å². The fourth-order valence-corrected chi connectivity index (χ4v) is 3.31. The summed E-state index contributed by atoms with van der Waals surface area (Å²) >= 11 is 0. The molecule has 0 heterocycles. The maximum Gasteiger partial charge on any atom is 0.119 e. The summed E-state index contributed by atoms with van der Waals surface area (Å²) in [6.07, 6.45) is 3.79. The van der Waals surface area contributed by atoms with Crippen molar-refractivity contribution in [3.8, 4) is 5.75 Å². The number of ether oxygens (including phenoxy) is 1. The molecule has 1 aromatic rings. The lowest BCUT2D eigenvalue weighted by molar-refractivity contribution is -0.0697. The summed E-state index contributed by atoms with van der Waals surface area (Å²) in [6.45, 7) is 12.3. The molecular formula is C19H31NO. The van der Waals surface area contributed by atoms with Crippen molar-refractivity contribution in [2.75, 3.05) is 6.54 Å². The molecule has 2 heteroatoms. The van der Waals surface area contributed by atoms with Crippen LogP contribution in [0.5, 0.6) is 5.75 Å². The zero-order valence-electron chi connectivity index (χ0n) is 14.3. The third-order valence-electron chi connectivity index (χ3n) is 5.53. The quantitative estimate of drug-likeness (QED) is 0.782. The van der Waals surface area contributed by atoms with Gasteiger partial charge in [-0.15, -0.1) is 0 Å². The molecule has 0 saturated heterocycles. The third kappa shape index (κ3) is 3.26. The van der Waals surface area contributed by atoms with Gasteiger partial charge in [-0.3, -0.25) is 0 Å². The Labute approximate surface area is 130 Å². The molecule has 1 aliphatic carbocycles. The van der Waals surface area contributed by atoms with Crippen LogP contribution < -0.4 is 10.1 Å². The smallest absolute Gasteiger partial charge is 0.119 e. The second-order valence-electron chi connectivity index (χ2n) is 6.69. The van der Waals surface area contributed by atoms with Crippen LogP contribution in [0.2, 0.25) is 0 Å². The fourth-order valence-electron chi connectivity index (χ4n) is 3.31. The van der Waals surface area contributed by atoms with Crippen LogP contribution in [-0.2, 0) is 0 Å². The van der Waals surface area contributed by atoms with Gasteiger partial charge in [0.2, 0.25) is 0 Å². The van der Waals surface area contributed by atoms with Crippen molar-refractivity contribution < 1.29 is 4.74 Å². The van der Waals surface area contributed by atoms with Crippen LogP contribution in [0.3, 0.4) is 0 Å². The minimum absolute atomic E-state index is 0.255. The Morgan fingerprint density at radius 1 is 1.24 bits per heavy atom. The summed E-state index contributed by atoms with van der Waals surface area (Å²) in [5, 5.41) is 3.59. The van der Waals surface area contributed by atoms with Gasteiger partial charge in [0.15, 0.2) is 0 Å². The van der Waals surface area contributed by atoms with Crippen LogP contribution >= 0.6 is 0 Å². The first-order valence-corrected chi connectivity index (χ1v) is 8.55. The Bertz CT molecular complexity index is 441. The number of hydrogen-bond acceptors (Lipinski definition) is 2. The van der Waals surface area contributed by atoms with E-state index in [0.717, 1.165) is 25.1 Å². The van der Waals surface area contributed by atoms with E-state index in [1.54, 1.807) is 0 Å². The van der Waals surface area contributed by atoms with Crippen molar-refractivity contribution in [1.82, 2.24) is 5.32 Å². The molecule has 1 aliphatic rings. The molecule has 0 amide bonds. The van der Waals surface area contributed by atoms with E-state index in [-0.39, 0.29) is 5.41 Å². The van der Waals surface area contributed by atoms with Crippen LogP contribution in [0.4, 0.5) is 0 Å². The van der Waals surface area contributed by atoms with Crippen molar-refractivity contribution in [1.29, 1.82) is 0 Å². The Morgan fingerprint density at radius 2 is 1.90 bits per heavy atom. The predicted octanol–water partition coefficient (Wildman–Crippen LogP) is 4.75. The van der Waals surface area contributed by atoms with Crippen molar-refractivity contribution in [2.24, 2.45) is 5.41 Å². The number of nitrogens with one attached hydrogen (secondary N) is 1. The minimum Gasteiger partial charge on any atom is -0.490 e. The molecular weight excluding hydrogens is 258 g/mol. The highest BCUT2D eigenvalue weighted by Gasteiger charge is 2.51. The number of benzene rings is 1. The Kier molecular flexibility index (Phi) is 5.32. The molecule has 1 fully saturated rings. The van der Waals surface area contributed by atoms with Gasteiger partial charge < -0.3 is 10.1 Å². The van der Waals surface area contributed by atoms with Crippen molar-refractivity contribution in [3.05, 3.63) is 29.8 Å². The van der Waals surface area contributed by atoms with Crippen LogP contribution in [0.25, 0.3) is 0 Å². The molecule has 4 unspecified atom stereocenters. The first kappa shape index (κ1) is 16.4. The summed E-state index contributed by atoms with van der Waals surface area (Å²) in [4.78, 5) is 0. The van der Waals surface area contributed by atoms with E-state index in [1.807, 2.05) is 0 Å². The zero-order chi connectivity index (χ0) is 15.5. The third-order valence-corrected chi connectivity index (χ3v) is 5.53. The fraction of sp³-hybridized carbons (Fsp3) is 0.684. The van der Waals surface area contributed by atoms with E-state index in [9.17, 15) is 0 Å². The van der Waals surface area contributed by atoms with Gasteiger partial charge in [-0.1, -0.05) is 46.8 Å². The lowest BCUT2D eigenvalue weighted by atomic mass is 9.61. The average molecular weight is 289 g/mol. The van der Waals surface area contributed by atoms with Crippen LogP contribution in [0.1, 0.15) is 65.4 Å². The summed E-state index contributed by atoms with van der Waals surface area (Å²) in [5.74, 6) is 1.64. The molecule has 2 nitrogen and oxygen atoms in total. The maximum atomic E-state index is 6.26. The monoisotopic (exact) mass is 289 g/mol. The number of hydrogen-bond donors (Lipinski definition) is 1. The van der Waals surface area contributed by atoms with Crippen molar-refractivity contribution in [3.63, 3.8) is 0 Å². The molecule has 21 heavy (non-hydrogen) atoms. The zero-order valence-corrected chi connectivity index (χ0v) is 14.3. The molecule has 0 radical (unpaired) electrons. The van der Waals surface area contributed by atoms with E-state index >= 15 is 0 Å². The molecule has 1 saturated carbocycles. The summed E-state index contributed by atoms with van der Waals surface area (Å²) in [6, 6.07) is 9.30. The highest BCUT2D eigenvalue weighted by molar-refractivity contribution is 5.30. The van der Waals surface area contributed by atoms with Gasteiger partial charge in [-0.25, -0.2) is 0 Å². The van der Waals surface area contributed by atoms with Crippen molar-refractivity contribution >= 4 is 0 Å². The largest absolute Gasteiger partial charge is 0.490 e. The molecule has 0 bridgehead atoms. The van der Waals surface area contributed by atoms with Crippen LogP contribution in [0.15, 0.2) is 24.3 Å². The molecule has 4 atom stereocenters. The SMILES string of the molecule is CCNC1CC(Oc2ccc(C(C)CC)cc2)C1(C)CC. The summed E-state index contributed by atoms with van der Waals surface area (Å²) in [5.41, 5.74) is 1.66. The van der Waals surface area contributed by atoms with Crippen molar-refractivity contribution in [2.45, 2.75) is 71.9 Å².